The van der Waals surface area contributed by atoms with Gasteiger partial charge < -0.3 is 9.64 Å². The number of nitrogens with zero attached hydrogens (tertiary/aromatic N) is 2. The number of ether oxygens (including phenoxy) is 1. The summed E-state index contributed by atoms with van der Waals surface area (Å²) in [5, 5.41) is 1.69. The van der Waals surface area contributed by atoms with Gasteiger partial charge in [-0.1, -0.05) is 51.2 Å². The first-order chi connectivity index (χ1) is 13.1. The zero-order valence-corrected chi connectivity index (χ0v) is 16.7. The Balaban J connectivity index is 0.00000127. The Bertz CT molecular complexity index is 738. The number of anilines is 1. The highest BCUT2D eigenvalue weighted by Gasteiger charge is 2.31. The van der Waals surface area contributed by atoms with Crippen LogP contribution in [-0.2, 0) is 11.2 Å². The molecular weight excluding hydrogens is 374 g/mol. The summed E-state index contributed by atoms with van der Waals surface area (Å²) >= 11 is 1.05. The van der Waals surface area contributed by atoms with E-state index < -0.39 is 0 Å². The van der Waals surface area contributed by atoms with Crippen LogP contribution in [0.2, 0.25) is 0 Å². The van der Waals surface area contributed by atoms with E-state index in [2.05, 4.69) is 10.3 Å². The monoisotopic (exact) mass is 403 g/mol. The molecule has 0 spiro atoms. The third-order valence-electron chi connectivity index (χ3n) is 3.85. The average Bonchev–Trinajstić information content (AvgIpc) is 3.02. The molecule has 152 valence electrons. The Morgan fingerprint density at radius 1 is 1.14 bits per heavy atom. The molecule has 2 aromatic rings. The molecule has 1 aliphatic rings. The molecule has 28 heavy (non-hydrogen) atoms. The number of carbonyl (C=O) groups is 2. The van der Waals surface area contributed by atoms with Crippen molar-refractivity contribution in [1.82, 2.24) is 10.3 Å². The van der Waals surface area contributed by atoms with Crippen molar-refractivity contribution in [2.45, 2.75) is 32.9 Å². The highest BCUT2D eigenvalue weighted by Crippen LogP contribution is 2.23. The van der Waals surface area contributed by atoms with Gasteiger partial charge in [0.1, 0.15) is 18.2 Å². The molecule has 2 heterocycles. The van der Waals surface area contributed by atoms with E-state index in [0.29, 0.717) is 13.0 Å². The molecule has 1 atom stereocenters. The van der Waals surface area contributed by atoms with Crippen molar-refractivity contribution in [1.29, 1.82) is 0 Å². The average molecular weight is 404 g/mol. The third-order valence-corrected chi connectivity index (χ3v) is 4.83. The molecule has 1 aliphatic heterocycles. The Hall–Kier alpha value is -2.54. The Labute approximate surface area is 171 Å². The number of carbonyl (C=O) groups excluding carboxylic acids is 2. The molecule has 0 aliphatic carbocycles. The van der Waals surface area contributed by atoms with Gasteiger partial charge in [0.05, 0.1) is 11.8 Å². The lowest BCUT2D eigenvalue weighted by Gasteiger charge is -2.18. The molecule has 0 saturated carbocycles. The standard InChI is InChI=1S/C18H19N3O3S.C2H6.CH4/c1-21(16-4-2-3-9-19-16)10-11-24-14-7-5-13(6-8-14)12-15-17(22)20-18(23)25-15;1-2;/h2-9,15H,10-12H2,1H3,(H,20,22,23);1-2H3;1H4. The number of thioether (sulfide) groups is 1. The number of amides is 2. The van der Waals surface area contributed by atoms with Crippen molar-refractivity contribution in [3.8, 4) is 5.75 Å². The van der Waals surface area contributed by atoms with Gasteiger partial charge >= 0.3 is 0 Å². The molecule has 1 fully saturated rings. The molecule has 1 aromatic carbocycles. The number of hydrogen-bond donors (Lipinski definition) is 1. The van der Waals surface area contributed by atoms with Gasteiger partial charge in [-0.25, -0.2) is 4.98 Å². The van der Waals surface area contributed by atoms with Crippen molar-refractivity contribution in [3.05, 3.63) is 54.2 Å². The summed E-state index contributed by atoms with van der Waals surface area (Å²) in [5.41, 5.74) is 1.00. The van der Waals surface area contributed by atoms with E-state index in [9.17, 15) is 9.59 Å². The SMILES string of the molecule is C.CC.CN(CCOc1ccc(CC2SC(=O)NC2=O)cc1)c1ccccn1. The van der Waals surface area contributed by atoms with Gasteiger partial charge in [-0.2, -0.15) is 0 Å². The predicted molar refractivity (Wildman–Crippen MR) is 116 cm³/mol. The minimum atomic E-state index is -0.341. The number of aromatic nitrogens is 1. The largest absolute Gasteiger partial charge is 0.492 e. The van der Waals surface area contributed by atoms with E-state index in [0.717, 1.165) is 35.4 Å². The maximum absolute atomic E-state index is 11.6. The lowest BCUT2D eigenvalue weighted by molar-refractivity contribution is -0.118. The summed E-state index contributed by atoms with van der Waals surface area (Å²) in [5.74, 6) is 1.47. The van der Waals surface area contributed by atoms with E-state index >= 15 is 0 Å². The maximum Gasteiger partial charge on any atom is 0.286 e. The first kappa shape index (κ1) is 23.5. The van der Waals surface area contributed by atoms with Crippen LogP contribution in [0.1, 0.15) is 26.8 Å². The van der Waals surface area contributed by atoms with Crippen LogP contribution in [-0.4, -0.2) is 41.6 Å². The number of hydrogen-bond acceptors (Lipinski definition) is 6. The van der Waals surface area contributed by atoms with Gasteiger partial charge in [-0.3, -0.25) is 14.9 Å². The molecule has 7 heteroatoms. The number of nitrogens with one attached hydrogen (secondary N) is 1. The topological polar surface area (TPSA) is 71.5 Å². The first-order valence-electron chi connectivity index (χ1n) is 8.97. The number of rotatable bonds is 7. The van der Waals surface area contributed by atoms with E-state index in [-0.39, 0.29) is 23.8 Å². The van der Waals surface area contributed by atoms with Crippen molar-refractivity contribution in [3.63, 3.8) is 0 Å². The fourth-order valence-corrected chi connectivity index (χ4v) is 3.32. The van der Waals surface area contributed by atoms with Gasteiger partial charge in [0.15, 0.2) is 0 Å². The van der Waals surface area contributed by atoms with Crippen molar-refractivity contribution >= 4 is 28.7 Å². The molecule has 1 unspecified atom stereocenters. The molecule has 0 bridgehead atoms. The second kappa shape index (κ2) is 12.0. The summed E-state index contributed by atoms with van der Waals surface area (Å²) in [6, 6.07) is 13.4. The molecule has 3 rings (SSSR count). The van der Waals surface area contributed by atoms with Crippen LogP contribution in [0.25, 0.3) is 0 Å². The Morgan fingerprint density at radius 3 is 2.43 bits per heavy atom. The molecule has 2 amide bonds. The molecule has 1 aromatic heterocycles. The quantitative estimate of drug-likeness (QED) is 0.749. The number of imide groups is 1. The molecule has 1 saturated heterocycles. The zero-order valence-electron chi connectivity index (χ0n) is 15.8. The van der Waals surface area contributed by atoms with Crippen molar-refractivity contribution in [2.24, 2.45) is 0 Å². The minimum Gasteiger partial charge on any atom is -0.492 e. The highest BCUT2D eigenvalue weighted by atomic mass is 32.2. The van der Waals surface area contributed by atoms with Crippen molar-refractivity contribution < 1.29 is 14.3 Å². The number of benzene rings is 1. The van der Waals surface area contributed by atoms with Gasteiger partial charge in [0, 0.05) is 13.2 Å². The van der Waals surface area contributed by atoms with Crippen LogP contribution in [0.4, 0.5) is 10.6 Å². The molecule has 0 radical (unpaired) electrons. The van der Waals surface area contributed by atoms with Crippen LogP contribution in [0.5, 0.6) is 5.75 Å². The predicted octanol–water partition coefficient (Wildman–Crippen LogP) is 4.15. The normalized spacial score (nSPS) is 15.0. The fourth-order valence-electron chi connectivity index (χ4n) is 2.46. The van der Waals surface area contributed by atoms with Gasteiger partial charge in [-0.05, 0) is 36.2 Å². The van der Waals surface area contributed by atoms with E-state index in [1.165, 1.54) is 0 Å². The summed E-state index contributed by atoms with van der Waals surface area (Å²) in [6.07, 6.45) is 2.30. The Kier molecular flexibility index (Phi) is 10.1. The number of likely N-dealkylation sites (N-methyl/N-ethyl adjacent to an activating group) is 1. The summed E-state index contributed by atoms with van der Waals surface area (Å²) < 4.78 is 5.75. The summed E-state index contributed by atoms with van der Waals surface area (Å²) in [7, 11) is 1.97. The molecule has 6 nitrogen and oxygen atoms in total. The summed E-state index contributed by atoms with van der Waals surface area (Å²) in [4.78, 5) is 29.1. The second-order valence-electron chi connectivity index (χ2n) is 5.69. The lowest BCUT2D eigenvalue weighted by Crippen LogP contribution is -2.25. The van der Waals surface area contributed by atoms with Gasteiger partial charge in [0.2, 0.25) is 5.91 Å². The minimum absolute atomic E-state index is 0. The van der Waals surface area contributed by atoms with Crippen LogP contribution in [0, 0.1) is 0 Å². The fraction of sp³-hybridized carbons (Fsp3) is 0.381. The maximum atomic E-state index is 11.6. The highest BCUT2D eigenvalue weighted by molar-refractivity contribution is 8.15. The van der Waals surface area contributed by atoms with Gasteiger partial charge in [-0.15, -0.1) is 0 Å². The first-order valence-corrected chi connectivity index (χ1v) is 9.85. The van der Waals surface area contributed by atoms with Crippen LogP contribution < -0.4 is 15.0 Å². The Morgan fingerprint density at radius 2 is 1.86 bits per heavy atom. The van der Waals surface area contributed by atoms with Gasteiger partial charge in [0.25, 0.3) is 5.24 Å². The zero-order chi connectivity index (χ0) is 19.6. The number of pyridine rings is 1. The molecule has 1 N–H and O–H groups in total. The van der Waals surface area contributed by atoms with E-state index in [1.54, 1.807) is 6.20 Å². The van der Waals surface area contributed by atoms with E-state index in [1.807, 2.05) is 68.3 Å². The summed E-state index contributed by atoms with van der Waals surface area (Å²) in [6.45, 7) is 5.27. The van der Waals surface area contributed by atoms with Crippen LogP contribution in [0.3, 0.4) is 0 Å². The van der Waals surface area contributed by atoms with Crippen LogP contribution in [0.15, 0.2) is 48.7 Å². The smallest absolute Gasteiger partial charge is 0.286 e. The molecular formula is C21H29N3O3S. The second-order valence-corrected chi connectivity index (χ2v) is 6.86. The van der Waals surface area contributed by atoms with E-state index in [4.69, 9.17) is 4.74 Å². The van der Waals surface area contributed by atoms with Crippen molar-refractivity contribution in [2.75, 3.05) is 25.1 Å². The lowest BCUT2D eigenvalue weighted by atomic mass is 10.1. The van der Waals surface area contributed by atoms with Crippen LogP contribution >= 0.6 is 11.8 Å². The third kappa shape index (κ3) is 6.88.